The third kappa shape index (κ3) is 5.49. The van der Waals surface area contributed by atoms with E-state index in [4.69, 9.17) is 21.3 Å². The van der Waals surface area contributed by atoms with Crippen molar-refractivity contribution < 1.29 is 4.74 Å². The van der Waals surface area contributed by atoms with Crippen LogP contribution in [0.1, 0.15) is 31.7 Å². The number of rotatable bonds is 9. The average molecular weight is 415 g/mol. The fourth-order valence-electron chi connectivity index (χ4n) is 3.08. The van der Waals surface area contributed by atoms with Gasteiger partial charge in [0.1, 0.15) is 0 Å². The zero-order valence-electron chi connectivity index (χ0n) is 16.6. The third-order valence-electron chi connectivity index (χ3n) is 4.68. The molecule has 0 amide bonds. The molecule has 0 N–H and O–H groups in total. The van der Waals surface area contributed by atoms with Crippen molar-refractivity contribution in [1.82, 2.24) is 4.98 Å². The number of halogens is 1. The lowest BCUT2D eigenvalue weighted by Gasteiger charge is -2.23. The molecule has 0 radical (unpaired) electrons. The van der Waals surface area contributed by atoms with Crippen molar-refractivity contribution in [2.24, 2.45) is 0 Å². The largest absolute Gasteiger partial charge is 0.499 e. The Bertz CT molecular complexity index is 884. The normalized spacial score (nSPS) is 13.3. The van der Waals surface area contributed by atoms with E-state index in [0.717, 1.165) is 65.1 Å². The monoisotopic (exact) mass is 414 g/mol. The number of allylic oxidation sites excluding steroid dienone is 2. The van der Waals surface area contributed by atoms with Crippen molar-refractivity contribution in [1.29, 1.82) is 0 Å². The Hall–Kier alpha value is -2.04. The van der Waals surface area contributed by atoms with E-state index in [1.54, 1.807) is 11.3 Å². The standard InChI is InChI=1S/C23H27ClN2OS/c1-4-27-18(3)12-13-26(15-19-8-6-5-7-9-19)23-25-22(16-28-23)20-11-10-17(2)21(24)14-20/h6,8-11,14,16H,3-5,7,12-13,15H2,1-2H3. The van der Waals surface area contributed by atoms with Crippen LogP contribution in [0.15, 0.2) is 59.7 Å². The number of aromatic nitrogens is 1. The van der Waals surface area contributed by atoms with Crippen LogP contribution in [0.5, 0.6) is 0 Å². The minimum Gasteiger partial charge on any atom is -0.499 e. The number of hydrogen-bond acceptors (Lipinski definition) is 4. The molecule has 0 saturated carbocycles. The summed E-state index contributed by atoms with van der Waals surface area (Å²) in [7, 11) is 0. The van der Waals surface area contributed by atoms with Crippen molar-refractivity contribution in [3.63, 3.8) is 0 Å². The Kier molecular flexibility index (Phi) is 7.35. The van der Waals surface area contributed by atoms with E-state index in [-0.39, 0.29) is 0 Å². The van der Waals surface area contributed by atoms with Gasteiger partial charge in [-0.05, 0) is 43.9 Å². The molecular formula is C23H27ClN2OS. The molecule has 0 fully saturated rings. The fraction of sp³-hybridized carbons (Fsp3) is 0.348. The highest BCUT2D eigenvalue weighted by atomic mass is 35.5. The van der Waals surface area contributed by atoms with Crippen molar-refractivity contribution in [3.05, 3.63) is 70.3 Å². The second-order valence-corrected chi connectivity index (χ2v) is 8.13. The Morgan fingerprint density at radius 1 is 1.36 bits per heavy atom. The molecule has 1 aliphatic rings. The second-order valence-electron chi connectivity index (χ2n) is 6.88. The molecule has 1 aromatic heterocycles. The molecular weight excluding hydrogens is 388 g/mol. The molecule has 5 heteroatoms. The number of benzene rings is 1. The maximum Gasteiger partial charge on any atom is 0.186 e. The first-order chi connectivity index (χ1) is 13.6. The fourth-order valence-corrected chi connectivity index (χ4v) is 4.12. The highest BCUT2D eigenvalue weighted by Gasteiger charge is 2.15. The van der Waals surface area contributed by atoms with Gasteiger partial charge in [-0.2, -0.15) is 0 Å². The number of aryl methyl sites for hydroxylation is 1. The van der Waals surface area contributed by atoms with E-state index in [1.165, 1.54) is 5.57 Å². The highest BCUT2D eigenvalue weighted by Crippen LogP contribution is 2.31. The smallest absolute Gasteiger partial charge is 0.186 e. The first-order valence-electron chi connectivity index (χ1n) is 9.70. The lowest BCUT2D eigenvalue weighted by Crippen LogP contribution is -2.27. The molecule has 1 aromatic carbocycles. The van der Waals surface area contributed by atoms with Crippen molar-refractivity contribution >= 4 is 28.1 Å². The molecule has 0 spiro atoms. The van der Waals surface area contributed by atoms with E-state index in [2.05, 4.69) is 41.2 Å². The molecule has 0 aliphatic heterocycles. The molecule has 0 unspecified atom stereocenters. The van der Waals surface area contributed by atoms with Crippen LogP contribution in [0.2, 0.25) is 5.02 Å². The van der Waals surface area contributed by atoms with E-state index < -0.39 is 0 Å². The summed E-state index contributed by atoms with van der Waals surface area (Å²) in [6, 6.07) is 6.11. The van der Waals surface area contributed by atoms with Gasteiger partial charge >= 0.3 is 0 Å². The number of thiazole rings is 1. The molecule has 0 atom stereocenters. The SMILES string of the molecule is C=C(CCN(CC1=CCCC=C1)c1nc(-c2ccc(C)c(Cl)c2)cs1)OCC. The number of anilines is 1. The topological polar surface area (TPSA) is 25.4 Å². The van der Waals surface area contributed by atoms with Gasteiger partial charge in [0.25, 0.3) is 0 Å². The van der Waals surface area contributed by atoms with Gasteiger partial charge in [-0.25, -0.2) is 4.98 Å². The Morgan fingerprint density at radius 2 is 2.21 bits per heavy atom. The molecule has 0 saturated heterocycles. The lowest BCUT2D eigenvalue weighted by atomic mass is 10.1. The van der Waals surface area contributed by atoms with Gasteiger partial charge in [0.2, 0.25) is 0 Å². The Balaban J connectivity index is 1.79. The zero-order valence-corrected chi connectivity index (χ0v) is 18.2. The minimum atomic E-state index is 0.655. The summed E-state index contributed by atoms with van der Waals surface area (Å²) < 4.78 is 5.54. The van der Waals surface area contributed by atoms with Gasteiger partial charge in [-0.1, -0.05) is 48.5 Å². The molecule has 2 aromatic rings. The van der Waals surface area contributed by atoms with Crippen LogP contribution >= 0.6 is 22.9 Å². The molecule has 0 bridgehead atoms. The predicted octanol–water partition coefficient (Wildman–Crippen LogP) is 6.80. The summed E-state index contributed by atoms with van der Waals surface area (Å²) in [5.41, 5.74) is 4.42. The number of hydrogen-bond donors (Lipinski definition) is 0. The Labute approximate surface area is 177 Å². The molecule has 28 heavy (non-hydrogen) atoms. The van der Waals surface area contributed by atoms with Crippen molar-refractivity contribution in [2.45, 2.75) is 33.1 Å². The van der Waals surface area contributed by atoms with Crippen LogP contribution in [0.25, 0.3) is 11.3 Å². The Morgan fingerprint density at radius 3 is 2.93 bits per heavy atom. The zero-order chi connectivity index (χ0) is 19.9. The average Bonchev–Trinajstić information content (AvgIpc) is 3.18. The highest BCUT2D eigenvalue weighted by molar-refractivity contribution is 7.14. The molecule has 3 rings (SSSR count). The summed E-state index contributed by atoms with van der Waals surface area (Å²) in [6.45, 7) is 10.3. The molecule has 3 nitrogen and oxygen atoms in total. The predicted molar refractivity (Wildman–Crippen MR) is 121 cm³/mol. The summed E-state index contributed by atoms with van der Waals surface area (Å²) in [5, 5.41) is 3.89. The first kappa shape index (κ1) is 20.7. The van der Waals surface area contributed by atoms with Crippen molar-refractivity contribution in [2.75, 3.05) is 24.6 Å². The molecule has 1 heterocycles. The van der Waals surface area contributed by atoms with E-state index in [1.807, 2.05) is 26.0 Å². The van der Waals surface area contributed by atoms with Gasteiger partial charge in [0, 0.05) is 35.5 Å². The van der Waals surface area contributed by atoms with Crippen LogP contribution in [-0.4, -0.2) is 24.7 Å². The maximum absolute atomic E-state index is 6.30. The number of nitrogens with zero attached hydrogens (tertiary/aromatic N) is 2. The summed E-state index contributed by atoms with van der Waals surface area (Å²) in [4.78, 5) is 7.22. The van der Waals surface area contributed by atoms with Gasteiger partial charge in [-0.3, -0.25) is 0 Å². The maximum atomic E-state index is 6.30. The second kappa shape index (κ2) is 9.94. The van der Waals surface area contributed by atoms with E-state index >= 15 is 0 Å². The van der Waals surface area contributed by atoms with Gasteiger partial charge in [-0.15, -0.1) is 11.3 Å². The lowest BCUT2D eigenvalue weighted by molar-refractivity contribution is 0.221. The van der Waals surface area contributed by atoms with Gasteiger partial charge in [0.05, 0.1) is 18.1 Å². The van der Waals surface area contributed by atoms with E-state index in [0.29, 0.717) is 6.61 Å². The summed E-state index contributed by atoms with van der Waals surface area (Å²) in [5.74, 6) is 0.822. The summed E-state index contributed by atoms with van der Waals surface area (Å²) in [6.07, 6.45) is 9.81. The minimum absolute atomic E-state index is 0.655. The first-order valence-corrected chi connectivity index (χ1v) is 11.0. The van der Waals surface area contributed by atoms with Gasteiger partial charge < -0.3 is 9.64 Å². The van der Waals surface area contributed by atoms with Crippen LogP contribution in [0, 0.1) is 6.92 Å². The molecule has 1 aliphatic carbocycles. The van der Waals surface area contributed by atoms with Crippen LogP contribution < -0.4 is 4.90 Å². The van der Waals surface area contributed by atoms with Crippen molar-refractivity contribution in [3.8, 4) is 11.3 Å². The van der Waals surface area contributed by atoms with Crippen LogP contribution in [0.3, 0.4) is 0 Å². The van der Waals surface area contributed by atoms with E-state index in [9.17, 15) is 0 Å². The third-order valence-corrected chi connectivity index (χ3v) is 5.99. The summed E-state index contributed by atoms with van der Waals surface area (Å²) >= 11 is 7.97. The molecule has 148 valence electrons. The van der Waals surface area contributed by atoms with Crippen LogP contribution in [-0.2, 0) is 4.74 Å². The van der Waals surface area contributed by atoms with Gasteiger partial charge in [0.15, 0.2) is 5.13 Å². The quantitative estimate of drug-likeness (QED) is 0.422. The number of ether oxygens (including phenoxy) is 1. The van der Waals surface area contributed by atoms with Crippen LogP contribution in [0.4, 0.5) is 5.13 Å².